The standard InChI is InChI=1S/C25H24FN5O4/c1-35-29-20-9-10-30(14-21(20)27-12-15-5-3-2-4-6-15)24-19(26)11-17-22(32)18(25(33)34)13-31(16-7-8-16)23(17)28-24/h2-6,11-13,16,21H,7-10,14H2,1H3,(H,33,34). The van der Waals surface area contributed by atoms with Crippen LogP contribution in [0.1, 0.15) is 41.2 Å². The number of piperidine rings is 1. The second kappa shape index (κ2) is 9.28. The third-order valence-electron chi connectivity index (χ3n) is 6.24. The number of oxime groups is 1. The summed E-state index contributed by atoms with van der Waals surface area (Å²) >= 11 is 0. The van der Waals surface area contributed by atoms with Crippen molar-refractivity contribution in [1.29, 1.82) is 0 Å². The molecule has 0 bridgehead atoms. The molecule has 0 radical (unpaired) electrons. The van der Waals surface area contributed by atoms with E-state index in [2.05, 4.69) is 15.1 Å². The Morgan fingerprint density at radius 2 is 2.06 bits per heavy atom. The number of nitrogens with zero attached hydrogens (tertiary/aromatic N) is 5. The highest BCUT2D eigenvalue weighted by Gasteiger charge is 2.31. The zero-order valence-electron chi connectivity index (χ0n) is 19.1. The number of aromatic carboxylic acids is 1. The summed E-state index contributed by atoms with van der Waals surface area (Å²) in [5.41, 5.74) is 0.852. The maximum absolute atomic E-state index is 15.3. The zero-order valence-corrected chi connectivity index (χ0v) is 19.1. The van der Waals surface area contributed by atoms with Crippen molar-refractivity contribution in [2.24, 2.45) is 10.1 Å². The molecule has 3 heterocycles. The Bertz CT molecular complexity index is 1400. The summed E-state index contributed by atoms with van der Waals surface area (Å²) in [6, 6.07) is 10.4. The highest BCUT2D eigenvalue weighted by molar-refractivity contribution is 5.94. The van der Waals surface area contributed by atoms with Gasteiger partial charge in [-0.1, -0.05) is 35.5 Å². The van der Waals surface area contributed by atoms with Crippen molar-refractivity contribution in [2.45, 2.75) is 31.3 Å². The lowest BCUT2D eigenvalue weighted by atomic mass is 10.0. The van der Waals surface area contributed by atoms with E-state index in [4.69, 9.17) is 4.84 Å². The second-order valence-electron chi connectivity index (χ2n) is 8.65. The largest absolute Gasteiger partial charge is 0.477 e. The van der Waals surface area contributed by atoms with Gasteiger partial charge < -0.3 is 19.4 Å². The summed E-state index contributed by atoms with van der Waals surface area (Å²) < 4.78 is 17.0. The lowest BCUT2D eigenvalue weighted by Crippen LogP contribution is -2.44. The summed E-state index contributed by atoms with van der Waals surface area (Å²) in [6.45, 7) is 0.762. The summed E-state index contributed by atoms with van der Waals surface area (Å²) in [4.78, 5) is 40.3. The molecule has 1 saturated heterocycles. The molecule has 1 saturated carbocycles. The van der Waals surface area contributed by atoms with Crippen LogP contribution < -0.4 is 10.3 Å². The van der Waals surface area contributed by atoms with Gasteiger partial charge in [0, 0.05) is 38.0 Å². The Morgan fingerprint density at radius 1 is 1.29 bits per heavy atom. The number of halogens is 1. The minimum Gasteiger partial charge on any atom is -0.477 e. The van der Waals surface area contributed by atoms with E-state index in [0.717, 1.165) is 30.2 Å². The molecule has 1 N–H and O–H groups in total. The molecular weight excluding hydrogens is 453 g/mol. The first kappa shape index (κ1) is 22.7. The molecule has 9 nitrogen and oxygen atoms in total. The molecule has 2 aromatic heterocycles. The maximum Gasteiger partial charge on any atom is 0.341 e. The molecule has 10 heteroatoms. The zero-order chi connectivity index (χ0) is 24.5. The summed E-state index contributed by atoms with van der Waals surface area (Å²) in [7, 11) is 1.48. The van der Waals surface area contributed by atoms with Crippen molar-refractivity contribution in [1.82, 2.24) is 9.55 Å². The third-order valence-corrected chi connectivity index (χ3v) is 6.24. The molecule has 1 aliphatic heterocycles. The van der Waals surface area contributed by atoms with Crippen LogP contribution in [-0.2, 0) is 4.84 Å². The number of hydrogen-bond acceptors (Lipinski definition) is 7. The van der Waals surface area contributed by atoms with Gasteiger partial charge in [0.05, 0.1) is 11.1 Å². The van der Waals surface area contributed by atoms with Crippen molar-refractivity contribution in [2.75, 3.05) is 25.1 Å². The lowest BCUT2D eigenvalue weighted by Gasteiger charge is -2.32. The number of benzene rings is 1. The first-order valence-corrected chi connectivity index (χ1v) is 11.4. The normalized spacial score (nSPS) is 19.5. The van der Waals surface area contributed by atoms with Crippen molar-refractivity contribution in [3.05, 3.63) is 69.8 Å². The van der Waals surface area contributed by atoms with E-state index < -0.39 is 17.2 Å². The SMILES string of the molecule is CON=C1CCN(c2nc3c(cc2F)c(=O)c(C(=O)O)cn3C2CC2)CC1N=Cc1ccccc1. The quantitative estimate of drug-likeness (QED) is 0.431. The number of pyridine rings is 2. The van der Waals surface area contributed by atoms with Gasteiger partial charge in [-0.3, -0.25) is 9.79 Å². The van der Waals surface area contributed by atoms with Gasteiger partial charge in [0.15, 0.2) is 11.6 Å². The molecule has 1 aliphatic carbocycles. The molecule has 1 unspecified atom stereocenters. The van der Waals surface area contributed by atoms with Crippen LogP contribution in [0.4, 0.5) is 10.2 Å². The Labute approximate surface area is 200 Å². The molecule has 5 rings (SSSR count). The van der Waals surface area contributed by atoms with Crippen LogP contribution in [0.5, 0.6) is 0 Å². The van der Waals surface area contributed by atoms with Gasteiger partial charge in [0.1, 0.15) is 24.4 Å². The fourth-order valence-electron chi connectivity index (χ4n) is 4.33. The number of rotatable bonds is 6. The lowest BCUT2D eigenvalue weighted by molar-refractivity contribution is 0.0695. The molecule has 0 amide bonds. The molecule has 2 aliphatic rings. The molecule has 35 heavy (non-hydrogen) atoms. The van der Waals surface area contributed by atoms with Crippen LogP contribution in [0.25, 0.3) is 11.0 Å². The number of hydrogen-bond donors (Lipinski definition) is 1. The Morgan fingerprint density at radius 3 is 2.74 bits per heavy atom. The number of aliphatic imine (C=N–C) groups is 1. The van der Waals surface area contributed by atoms with Crippen LogP contribution >= 0.6 is 0 Å². The van der Waals surface area contributed by atoms with Gasteiger partial charge in [0.2, 0.25) is 5.43 Å². The number of fused-ring (bicyclic) bond motifs is 1. The summed E-state index contributed by atoms with van der Waals surface area (Å²) in [5.74, 6) is -1.92. The highest BCUT2D eigenvalue weighted by Crippen LogP contribution is 2.37. The molecule has 1 aromatic carbocycles. The van der Waals surface area contributed by atoms with E-state index in [9.17, 15) is 14.7 Å². The fourth-order valence-corrected chi connectivity index (χ4v) is 4.33. The first-order chi connectivity index (χ1) is 17.0. The van der Waals surface area contributed by atoms with Gasteiger partial charge in [-0.2, -0.15) is 0 Å². The Hall–Kier alpha value is -4.08. The Balaban J connectivity index is 1.53. The maximum atomic E-state index is 15.3. The third kappa shape index (κ3) is 4.51. The molecule has 180 valence electrons. The predicted molar refractivity (Wildman–Crippen MR) is 130 cm³/mol. The van der Waals surface area contributed by atoms with Crippen LogP contribution in [0.2, 0.25) is 0 Å². The van der Waals surface area contributed by atoms with Crippen LogP contribution in [-0.4, -0.2) is 58.8 Å². The van der Waals surface area contributed by atoms with Crippen LogP contribution in [0.3, 0.4) is 0 Å². The van der Waals surface area contributed by atoms with Gasteiger partial charge in [-0.25, -0.2) is 14.2 Å². The van der Waals surface area contributed by atoms with Crippen molar-refractivity contribution >= 4 is 34.7 Å². The number of carbonyl (C=O) groups is 1. The predicted octanol–water partition coefficient (Wildman–Crippen LogP) is 3.27. The van der Waals surface area contributed by atoms with Gasteiger partial charge in [-0.05, 0) is 24.5 Å². The minimum atomic E-state index is -1.34. The number of anilines is 1. The highest BCUT2D eigenvalue weighted by atomic mass is 19.1. The van der Waals surface area contributed by atoms with E-state index in [0.29, 0.717) is 25.2 Å². The molecule has 2 fully saturated rings. The molecule has 1 atom stereocenters. The Kier molecular flexibility index (Phi) is 6.02. The molecule has 0 spiro atoms. The van der Waals surface area contributed by atoms with Crippen LogP contribution in [0.15, 0.2) is 57.5 Å². The van der Waals surface area contributed by atoms with E-state index in [-0.39, 0.29) is 28.9 Å². The topological polar surface area (TPSA) is 109 Å². The van der Waals surface area contributed by atoms with Crippen molar-refractivity contribution < 1.29 is 19.1 Å². The average molecular weight is 477 g/mol. The van der Waals surface area contributed by atoms with Crippen molar-refractivity contribution in [3.8, 4) is 0 Å². The van der Waals surface area contributed by atoms with Gasteiger partial charge >= 0.3 is 5.97 Å². The van der Waals surface area contributed by atoms with E-state index >= 15 is 4.39 Å². The first-order valence-electron chi connectivity index (χ1n) is 11.4. The van der Waals surface area contributed by atoms with Gasteiger partial charge in [0.25, 0.3) is 0 Å². The average Bonchev–Trinajstić information content (AvgIpc) is 3.70. The van der Waals surface area contributed by atoms with Crippen LogP contribution in [0, 0.1) is 5.82 Å². The van der Waals surface area contributed by atoms with E-state index in [1.165, 1.54) is 13.3 Å². The fraction of sp³-hybridized carbons (Fsp3) is 0.320. The minimum absolute atomic E-state index is 0.0321. The number of aromatic nitrogens is 2. The van der Waals surface area contributed by atoms with Crippen molar-refractivity contribution in [3.63, 3.8) is 0 Å². The smallest absolute Gasteiger partial charge is 0.341 e. The summed E-state index contributed by atoms with van der Waals surface area (Å²) in [6.07, 6.45) is 5.27. The number of carboxylic acid groups (broad SMARTS) is 1. The molecule has 3 aromatic rings. The molecular formula is C25H24FN5O4. The second-order valence-corrected chi connectivity index (χ2v) is 8.65. The monoisotopic (exact) mass is 477 g/mol. The van der Waals surface area contributed by atoms with Gasteiger partial charge in [-0.15, -0.1) is 0 Å². The van der Waals surface area contributed by atoms with E-state index in [1.807, 2.05) is 30.3 Å². The summed E-state index contributed by atoms with van der Waals surface area (Å²) in [5, 5.41) is 13.5. The number of carboxylic acids is 1. The van der Waals surface area contributed by atoms with E-state index in [1.54, 1.807) is 15.7 Å².